The number of nitrogens with one attached hydrogen (secondary N) is 1. The Morgan fingerprint density at radius 2 is 2.00 bits per heavy atom. The van der Waals surface area contributed by atoms with E-state index in [4.69, 9.17) is 9.53 Å². The maximum atomic E-state index is 10.3. The Morgan fingerprint density at radius 1 is 1.30 bits per heavy atom. The third kappa shape index (κ3) is 3.87. The molecule has 1 aliphatic heterocycles. The number of amides is 1. The van der Waals surface area contributed by atoms with E-state index in [2.05, 4.69) is 26.0 Å². The first-order valence-corrected chi connectivity index (χ1v) is 9.21. The standard InChI is InChI=1S/C16H23N5O3.CH3NO/c1-2-10-12(22)13(23)16(24-10)21-8-19-11-14(17-7-18-15(11)21)20-9-5-3-4-6-9;2-1-3/h7-10,12-13,16,22-23H,2-6H2,1H3,(H,17,18,20);1H,(H2,2,3)/t10-,12-,13-,16-;/m1./s1. The number of nitrogens with zero attached hydrogens (tertiary/aromatic N) is 4. The molecular weight excluding hydrogens is 352 g/mol. The number of ether oxygens (including phenoxy) is 1. The van der Waals surface area contributed by atoms with Gasteiger partial charge in [0.25, 0.3) is 0 Å². The quantitative estimate of drug-likeness (QED) is 0.556. The molecule has 1 aliphatic carbocycles. The Morgan fingerprint density at radius 3 is 2.63 bits per heavy atom. The lowest BCUT2D eigenvalue weighted by molar-refractivity contribution is -0.106. The lowest BCUT2D eigenvalue weighted by Crippen LogP contribution is -2.31. The number of aromatic nitrogens is 4. The number of rotatable bonds is 4. The zero-order chi connectivity index (χ0) is 19.4. The number of fused-ring (bicyclic) bond motifs is 1. The Labute approximate surface area is 156 Å². The maximum Gasteiger partial charge on any atom is 0.204 e. The van der Waals surface area contributed by atoms with Crippen LogP contribution < -0.4 is 11.1 Å². The molecule has 4 atom stereocenters. The molecule has 10 nitrogen and oxygen atoms in total. The van der Waals surface area contributed by atoms with Gasteiger partial charge >= 0.3 is 0 Å². The van der Waals surface area contributed by atoms with Gasteiger partial charge < -0.3 is 26.0 Å². The van der Waals surface area contributed by atoms with Crippen LogP contribution in [0.4, 0.5) is 5.82 Å². The van der Waals surface area contributed by atoms with Gasteiger partial charge in [-0.1, -0.05) is 19.8 Å². The first-order valence-electron chi connectivity index (χ1n) is 9.21. The van der Waals surface area contributed by atoms with Crippen LogP contribution in [0.1, 0.15) is 45.3 Å². The number of hydrogen-bond donors (Lipinski definition) is 4. The van der Waals surface area contributed by atoms with Crippen LogP contribution in [0, 0.1) is 0 Å². The van der Waals surface area contributed by atoms with Crippen LogP contribution in [0.2, 0.25) is 0 Å². The summed E-state index contributed by atoms with van der Waals surface area (Å²) in [5.41, 5.74) is 5.42. The second kappa shape index (κ2) is 8.59. The summed E-state index contributed by atoms with van der Waals surface area (Å²) in [6, 6.07) is 0.424. The van der Waals surface area contributed by atoms with Gasteiger partial charge in [0.1, 0.15) is 18.5 Å². The third-order valence-corrected chi connectivity index (χ3v) is 5.07. The molecule has 1 amide bonds. The van der Waals surface area contributed by atoms with Crippen LogP contribution in [0.25, 0.3) is 11.2 Å². The lowest BCUT2D eigenvalue weighted by Gasteiger charge is -2.17. The smallest absolute Gasteiger partial charge is 0.204 e. The van der Waals surface area contributed by atoms with E-state index in [-0.39, 0.29) is 12.5 Å². The molecule has 0 aromatic carbocycles. The van der Waals surface area contributed by atoms with Crippen LogP contribution in [-0.4, -0.2) is 60.5 Å². The van der Waals surface area contributed by atoms with Gasteiger partial charge in [-0.3, -0.25) is 9.36 Å². The first kappa shape index (κ1) is 19.5. The molecule has 2 aliphatic rings. The molecule has 1 saturated carbocycles. The minimum absolute atomic E-state index is 0.250. The van der Waals surface area contributed by atoms with Crippen molar-refractivity contribution in [1.82, 2.24) is 19.5 Å². The van der Waals surface area contributed by atoms with Crippen molar-refractivity contribution in [1.29, 1.82) is 0 Å². The van der Waals surface area contributed by atoms with E-state index in [1.165, 1.54) is 19.2 Å². The number of imidazole rings is 1. The molecule has 3 heterocycles. The van der Waals surface area contributed by atoms with E-state index in [0.29, 0.717) is 29.4 Å². The second-order valence-electron chi connectivity index (χ2n) is 6.76. The SMILES string of the molecule is CC[C@H]1O[C@@H](n2cnc3c(NC4CCCC4)ncnc32)[C@H](O)[C@@H]1O.NC=O. The molecule has 0 spiro atoms. The number of anilines is 1. The zero-order valence-electron chi connectivity index (χ0n) is 15.2. The number of carbonyl (C=O) groups is 1. The van der Waals surface area contributed by atoms with Crippen molar-refractivity contribution in [3.05, 3.63) is 12.7 Å². The highest BCUT2D eigenvalue weighted by atomic mass is 16.6. The largest absolute Gasteiger partial charge is 0.388 e. The van der Waals surface area contributed by atoms with E-state index < -0.39 is 18.4 Å². The summed E-state index contributed by atoms with van der Waals surface area (Å²) in [5.74, 6) is 0.714. The summed E-state index contributed by atoms with van der Waals surface area (Å²) in [7, 11) is 0. The molecule has 0 bridgehead atoms. The summed E-state index contributed by atoms with van der Waals surface area (Å²) in [4.78, 5) is 21.6. The van der Waals surface area contributed by atoms with Gasteiger partial charge in [0.15, 0.2) is 23.2 Å². The summed E-state index contributed by atoms with van der Waals surface area (Å²) >= 11 is 0. The first-order chi connectivity index (χ1) is 13.1. The van der Waals surface area contributed by atoms with Crippen LogP contribution in [0.3, 0.4) is 0 Å². The normalized spacial score (nSPS) is 28.1. The van der Waals surface area contributed by atoms with Gasteiger partial charge in [-0.2, -0.15) is 0 Å². The van der Waals surface area contributed by atoms with Crippen molar-refractivity contribution in [3.8, 4) is 0 Å². The molecule has 5 N–H and O–H groups in total. The summed E-state index contributed by atoms with van der Waals surface area (Å²) in [5, 5.41) is 23.8. The summed E-state index contributed by atoms with van der Waals surface area (Å²) < 4.78 is 7.48. The lowest BCUT2D eigenvalue weighted by atomic mass is 10.1. The van der Waals surface area contributed by atoms with Crippen LogP contribution in [-0.2, 0) is 9.53 Å². The van der Waals surface area contributed by atoms with Gasteiger partial charge in [0, 0.05) is 6.04 Å². The number of carbonyl (C=O) groups excluding carboxylic acids is 1. The monoisotopic (exact) mass is 378 g/mol. The Hall–Kier alpha value is -2.30. The highest BCUT2D eigenvalue weighted by Gasteiger charge is 2.43. The van der Waals surface area contributed by atoms with E-state index >= 15 is 0 Å². The van der Waals surface area contributed by atoms with Gasteiger partial charge in [0.2, 0.25) is 6.41 Å². The molecule has 2 aromatic rings. The fourth-order valence-corrected chi connectivity index (χ4v) is 3.70. The number of hydrogen-bond acceptors (Lipinski definition) is 8. The van der Waals surface area contributed by atoms with Crippen molar-refractivity contribution in [3.63, 3.8) is 0 Å². The molecule has 148 valence electrons. The van der Waals surface area contributed by atoms with Gasteiger partial charge in [-0.15, -0.1) is 0 Å². The number of primary amides is 1. The molecule has 0 unspecified atom stereocenters. The minimum atomic E-state index is -1.01. The van der Waals surface area contributed by atoms with E-state index in [0.717, 1.165) is 12.8 Å². The van der Waals surface area contributed by atoms with Crippen molar-refractivity contribution < 1.29 is 19.7 Å². The highest BCUT2D eigenvalue weighted by Crippen LogP contribution is 2.33. The number of aliphatic hydroxyl groups is 2. The maximum absolute atomic E-state index is 10.3. The molecular formula is C17H26N6O4. The fourth-order valence-electron chi connectivity index (χ4n) is 3.70. The molecule has 2 aromatic heterocycles. The third-order valence-electron chi connectivity index (χ3n) is 5.07. The number of nitrogens with two attached hydrogens (primary N) is 1. The topological polar surface area (TPSA) is 148 Å². The van der Waals surface area contributed by atoms with Crippen molar-refractivity contribution in [2.45, 2.75) is 69.6 Å². The molecule has 0 radical (unpaired) electrons. The van der Waals surface area contributed by atoms with Crippen molar-refractivity contribution in [2.24, 2.45) is 5.73 Å². The predicted molar refractivity (Wildman–Crippen MR) is 97.7 cm³/mol. The Kier molecular flexibility index (Phi) is 6.19. The van der Waals surface area contributed by atoms with Crippen LogP contribution >= 0.6 is 0 Å². The predicted octanol–water partition coefficient (Wildman–Crippen LogP) is 0.312. The molecule has 2 fully saturated rings. The number of aliphatic hydroxyl groups excluding tert-OH is 2. The average Bonchev–Trinajstić information content (AvgIpc) is 3.38. The molecule has 27 heavy (non-hydrogen) atoms. The van der Waals surface area contributed by atoms with E-state index in [9.17, 15) is 10.2 Å². The average molecular weight is 378 g/mol. The zero-order valence-corrected chi connectivity index (χ0v) is 15.2. The highest BCUT2D eigenvalue weighted by molar-refractivity contribution is 5.82. The fraction of sp³-hybridized carbons (Fsp3) is 0.647. The van der Waals surface area contributed by atoms with Crippen molar-refractivity contribution >= 4 is 23.4 Å². The van der Waals surface area contributed by atoms with E-state index in [1.807, 2.05) is 6.92 Å². The van der Waals surface area contributed by atoms with Crippen LogP contribution in [0.5, 0.6) is 0 Å². The van der Waals surface area contributed by atoms with Crippen LogP contribution in [0.15, 0.2) is 12.7 Å². The second-order valence-corrected chi connectivity index (χ2v) is 6.76. The van der Waals surface area contributed by atoms with Gasteiger partial charge in [-0.05, 0) is 19.3 Å². The van der Waals surface area contributed by atoms with Crippen molar-refractivity contribution in [2.75, 3.05) is 5.32 Å². The minimum Gasteiger partial charge on any atom is -0.388 e. The molecule has 10 heteroatoms. The Balaban J connectivity index is 0.000000659. The Bertz CT molecular complexity index is 763. The molecule has 1 saturated heterocycles. The van der Waals surface area contributed by atoms with Gasteiger partial charge in [0.05, 0.1) is 12.4 Å². The summed E-state index contributed by atoms with van der Waals surface area (Å²) in [6.45, 7) is 1.92. The molecule has 4 rings (SSSR count). The van der Waals surface area contributed by atoms with E-state index in [1.54, 1.807) is 10.9 Å². The van der Waals surface area contributed by atoms with Gasteiger partial charge in [-0.25, -0.2) is 15.0 Å². The summed E-state index contributed by atoms with van der Waals surface area (Å²) in [6.07, 6.45) is 5.73.